The minimum atomic E-state index is -4.47. The van der Waals surface area contributed by atoms with E-state index in [1.165, 1.54) is 12.5 Å². The van der Waals surface area contributed by atoms with E-state index in [1.807, 2.05) is 11.8 Å². The zero-order valence-electron chi connectivity index (χ0n) is 11.8. The number of hydrogen-bond acceptors (Lipinski definition) is 3. The molecule has 1 heterocycles. The Morgan fingerprint density at radius 3 is 2.52 bits per heavy atom. The Morgan fingerprint density at radius 2 is 2.10 bits per heavy atom. The highest BCUT2D eigenvalue weighted by molar-refractivity contribution is 7.80. The maximum absolute atomic E-state index is 12.9. The molecular formula is C14H18F3N3S. The van der Waals surface area contributed by atoms with Gasteiger partial charge in [0.15, 0.2) is 0 Å². The lowest BCUT2D eigenvalue weighted by atomic mass is 9.85. The summed E-state index contributed by atoms with van der Waals surface area (Å²) in [5.41, 5.74) is 5.12. The minimum absolute atomic E-state index is 0.0679. The van der Waals surface area contributed by atoms with Crippen molar-refractivity contribution in [1.29, 1.82) is 0 Å². The summed E-state index contributed by atoms with van der Waals surface area (Å²) in [6.07, 6.45) is -1.07. The van der Waals surface area contributed by atoms with Crippen molar-refractivity contribution in [3.8, 4) is 0 Å². The van der Waals surface area contributed by atoms with Crippen LogP contribution in [0.2, 0.25) is 0 Å². The van der Waals surface area contributed by atoms with Gasteiger partial charge in [-0.05, 0) is 37.8 Å². The van der Waals surface area contributed by atoms with E-state index in [1.54, 1.807) is 0 Å². The van der Waals surface area contributed by atoms with Gasteiger partial charge >= 0.3 is 6.18 Å². The van der Waals surface area contributed by atoms with Crippen LogP contribution in [0.3, 0.4) is 0 Å². The number of hydrogen-bond donors (Lipinski definition) is 1. The van der Waals surface area contributed by atoms with Gasteiger partial charge in [-0.3, -0.25) is 0 Å². The van der Waals surface area contributed by atoms with Crippen LogP contribution in [-0.4, -0.2) is 23.1 Å². The maximum atomic E-state index is 12.9. The van der Waals surface area contributed by atoms with Crippen LogP contribution in [0.4, 0.5) is 19.0 Å². The van der Waals surface area contributed by atoms with Crippen LogP contribution in [-0.2, 0) is 6.18 Å². The van der Waals surface area contributed by atoms with E-state index < -0.39 is 11.9 Å². The first-order valence-corrected chi connectivity index (χ1v) is 7.36. The summed E-state index contributed by atoms with van der Waals surface area (Å²) >= 11 is 4.94. The van der Waals surface area contributed by atoms with Crippen molar-refractivity contribution in [3.05, 3.63) is 23.4 Å². The third-order valence-corrected chi connectivity index (χ3v) is 4.04. The predicted molar refractivity (Wildman–Crippen MR) is 80.4 cm³/mol. The van der Waals surface area contributed by atoms with E-state index >= 15 is 0 Å². The molecule has 21 heavy (non-hydrogen) atoms. The molecule has 1 aromatic heterocycles. The molecule has 1 fully saturated rings. The fraction of sp³-hybridized carbons (Fsp3) is 0.571. The van der Waals surface area contributed by atoms with Gasteiger partial charge < -0.3 is 10.6 Å². The van der Waals surface area contributed by atoms with Gasteiger partial charge in [-0.25, -0.2) is 4.98 Å². The number of pyridine rings is 1. The number of anilines is 1. The highest BCUT2D eigenvalue weighted by atomic mass is 32.1. The quantitative estimate of drug-likeness (QED) is 0.846. The lowest BCUT2D eigenvalue weighted by molar-refractivity contribution is -0.141. The molecular weight excluding hydrogens is 299 g/mol. The van der Waals surface area contributed by atoms with Gasteiger partial charge in [0.1, 0.15) is 16.5 Å². The zero-order valence-corrected chi connectivity index (χ0v) is 12.6. The standard InChI is InChI=1S/C14H18F3N3S/c1-2-20(8-9-4-3-5-9)13-10(12(18)21)6-7-11(19-13)14(15,16)17/h6-7,9H,2-5,8H2,1H3,(H2,18,21). The Morgan fingerprint density at radius 1 is 1.43 bits per heavy atom. The van der Waals surface area contributed by atoms with Crippen LogP contribution in [0.15, 0.2) is 12.1 Å². The highest BCUT2D eigenvalue weighted by Crippen LogP contribution is 2.33. The first kappa shape index (κ1) is 16.0. The lowest BCUT2D eigenvalue weighted by Crippen LogP contribution is -2.35. The summed E-state index contributed by atoms with van der Waals surface area (Å²) < 4.78 is 38.6. The zero-order chi connectivity index (χ0) is 15.6. The van der Waals surface area contributed by atoms with Gasteiger partial charge in [-0.2, -0.15) is 13.2 Å². The Balaban J connectivity index is 2.38. The summed E-state index contributed by atoms with van der Waals surface area (Å²) in [6, 6.07) is 2.24. The Hall–Kier alpha value is -1.37. The van der Waals surface area contributed by atoms with E-state index in [0.29, 0.717) is 24.6 Å². The maximum Gasteiger partial charge on any atom is 0.433 e. The number of alkyl halides is 3. The van der Waals surface area contributed by atoms with Crippen molar-refractivity contribution < 1.29 is 13.2 Å². The van der Waals surface area contributed by atoms with Crippen LogP contribution >= 0.6 is 12.2 Å². The summed E-state index contributed by atoms with van der Waals surface area (Å²) in [6.45, 7) is 3.16. The van der Waals surface area contributed by atoms with Crippen molar-refractivity contribution in [3.63, 3.8) is 0 Å². The average molecular weight is 317 g/mol. The number of nitrogens with zero attached hydrogens (tertiary/aromatic N) is 2. The number of aromatic nitrogens is 1. The molecule has 0 saturated heterocycles. The molecule has 1 aliphatic rings. The fourth-order valence-electron chi connectivity index (χ4n) is 2.39. The van der Waals surface area contributed by atoms with Crippen molar-refractivity contribution in [2.45, 2.75) is 32.4 Å². The van der Waals surface area contributed by atoms with Gasteiger partial charge in [-0.1, -0.05) is 18.6 Å². The van der Waals surface area contributed by atoms with Crippen LogP contribution in [0.25, 0.3) is 0 Å². The SMILES string of the molecule is CCN(CC1CCC1)c1nc(C(F)(F)F)ccc1C(N)=S. The smallest absolute Gasteiger partial charge is 0.389 e. The van der Waals surface area contributed by atoms with Gasteiger partial charge in [0.05, 0.1) is 5.56 Å². The van der Waals surface area contributed by atoms with Crippen molar-refractivity contribution in [2.75, 3.05) is 18.0 Å². The van der Waals surface area contributed by atoms with Crippen molar-refractivity contribution in [2.24, 2.45) is 11.7 Å². The molecule has 0 bridgehead atoms. The van der Waals surface area contributed by atoms with Crippen molar-refractivity contribution in [1.82, 2.24) is 4.98 Å². The first-order chi connectivity index (χ1) is 9.82. The Labute approximate surface area is 127 Å². The molecule has 0 aliphatic heterocycles. The molecule has 3 nitrogen and oxygen atoms in total. The molecule has 0 radical (unpaired) electrons. The summed E-state index contributed by atoms with van der Waals surface area (Å²) in [5, 5.41) is 0. The topological polar surface area (TPSA) is 42.2 Å². The molecule has 116 valence electrons. The van der Waals surface area contributed by atoms with E-state index in [9.17, 15) is 13.2 Å². The molecule has 0 atom stereocenters. The molecule has 1 saturated carbocycles. The van der Waals surface area contributed by atoms with Crippen LogP contribution in [0.5, 0.6) is 0 Å². The van der Waals surface area contributed by atoms with E-state index in [-0.39, 0.29) is 10.8 Å². The molecule has 0 amide bonds. The second kappa shape index (κ2) is 6.17. The lowest BCUT2D eigenvalue weighted by Gasteiger charge is -2.33. The number of rotatable bonds is 5. The summed E-state index contributed by atoms with van der Waals surface area (Å²) in [4.78, 5) is 5.69. The molecule has 7 heteroatoms. The molecule has 2 rings (SSSR count). The Bertz CT molecular complexity index is 527. The van der Waals surface area contributed by atoms with E-state index in [0.717, 1.165) is 18.9 Å². The minimum Gasteiger partial charge on any atom is -0.389 e. The predicted octanol–water partition coefficient (Wildman–Crippen LogP) is 3.36. The fourth-order valence-corrected chi connectivity index (χ4v) is 2.55. The van der Waals surface area contributed by atoms with Gasteiger partial charge in [0.2, 0.25) is 0 Å². The second-order valence-electron chi connectivity index (χ2n) is 5.27. The number of thiocarbonyl (C=S) groups is 1. The third kappa shape index (κ3) is 3.64. The molecule has 0 unspecified atom stereocenters. The highest BCUT2D eigenvalue weighted by Gasteiger charge is 2.34. The molecule has 1 aromatic rings. The molecule has 1 aliphatic carbocycles. The number of halogens is 3. The van der Waals surface area contributed by atoms with Crippen LogP contribution in [0.1, 0.15) is 37.4 Å². The summed E-state index contributed by atoms with van der Waals surface area (Å²) in [5.74, 6) is 0.757. The normalized spacial score (nSPS) is 15.6. The van der Waals surface area contributed by atoms with Crippen LogP contribution < -0.4 is 10.6 Å². The Kier molecular flexibility index (Phi) is 4.70. The van der Waals surface area contributed by atoms with Gasteiger partial charge in [0.25, 0.3) is 0 Å². The monoisotopic (exact) mass is 317 g/mol. The summed E-state index contributed by atoms with van der Waals surface area (Å²) in [7, 11) is 0. The van der Waals surface area contributed by atoms with Gasteiger partial charge in [0, 0.05) is 13.1 Å². The van der Waals surface area contributed by atoms with Gasteiger partial charge in [-0.15, -0.1) is 0 Å². The molecule has 0 spiro atoms. The third-order valence-electron chi connectivity index (χ3n) is 3.82. The molecule has 0 aromatic carbocycles. The average Bonchev–Trinajstić information content (AvgIpc) is 2.36. The van der Waals surface area contributed by atoms with E-state index in [4.69, 9.17) is 18.0 Å². The number of nitrogens with two attached hydrogens (primary N) is 1. The second-order valence-corrected chi connectivity index (χ2v) is 5.71. The first-order valence-electron chi connectivity index (χ1n) is 6.96. The molecule has 2 N–H and O–H groups in total. The largest absolute Gasteiger partial charge is 0.433 e. The van der Waals surface area contributed by atoms with Crippen LogP contribution in [0, 0.1) is 5.92 Å². The van der Waals surface area contributed by atoms with Crippen molar-refractivity contribution >= 4 is 23.0 Å². The van der Waals surface area contributed by atoms with E-state index in [2.05, 4.69) is 4.98 Å².